The fraction of sp³-hybridized carbons (Fsp3) is 0.235. The van der Waals surface area contributed by atoms with Crippen LogP contribution in [0.15, 0.2) is 36.7 Å². The zero-order chi connectivity index (χ0) is 16.4. The molecule has 23 heavy (non-hydrogen) atoms. The van der Waals surface area contributed by atoms with E-state index in [1.165, 1.54) is 7.11 Å². The summed E-state index contributed by atoms with van der Waals surface area (Å²) in [5, 5.41) is 8.04. The molecule has 0 fully saturated rings. The van der Waals surface area contributed by atoms with Gasteiger partial charge in [-0.3, -0.25) is 9.48 Å². The predicted molar refractivity (Wildman–Crippen MR) is 89.2 cm³/mol. The summed E-state index contributed by atoms with van der Waals surface area (Å²) in [6.45, 7) is 2.08. The highest BCUT2D eigenvalue weighted by atomic mass is 16.5. The number of benzene rings is 1. The fourth-order valence-electron chi connectivity index (χ4n) is 2.51. The van der Waals surface area contributed by atoms with Crippen LogP contribution in [0.1, 0.15) is 5.56 Å². The molecule has 0 unspecified atom stereocenters. The summed E-state index contributed by atoms with van der Waals surface area (Å²) in [4.78, 5) is 16.3. The van der Waals surface area contributed by atoms with Gasteiger partial charge in [-0.25, -0.2) is 4.98 Å². The van der Waals surface area contributed by atoms with Crippen LogP contribution in [0.5, 0.6) is 0 Å². The zero-order valence-corrected chi connectivity index (χ0v) is 13.3. The summed E-state index contributed by atoms with van der Waals surface area (Å²) in [5.41, 5.74) is 4.49. The summed E-state index contributed by atoms with van der Waals surface area (Å²) in [6.07, 6.45) is 3.72. The maximum Gasteiger partial charge on any atom is 0.250 e. The van der Waals surface area contributed by atoms with E-state index in [2.05, 4.69) is 10.4 Å². The maximum atomic E-state index is 11.6. The van der Waals surface area contributed by atoms with Crippen LogP contribution in [-0.4, -0.2) is 34.4 Å². The number of amides is 1. The molecule has 0 aliphatic heterocycles. The predicted octanol–water partition coefficient (Wildman–Crippen LogP) is 2.53. The largest absolute Gasteiger partial charge is 0.375 e. The minimum Gasteiger partial charge on any atom is -0.375 e. The normalized spacial score (nSPS) is 10.9. The number of hydrogen-bond acceptors (Lipinski definition) is 4. The molecule has 1 N–H and O–H groups in total. The van der Waals surface area contributed by atoms with Crippen LogP contribution in [0.25, 0.3) is 22.2 Å². The molecule has 0 aliphatic rings. The highest BCUT2D eigenvalue weighted by Gasteiger charge is 2.08. The number of aryl methyl sites for hydroxylation is 2. The fourth-order valence-corrected chi connectivity index (χ4v) is 2.51. The topological polar surface area (TPSA) is 69.0 Å². The summed E-state index contributed by atoms with van der Waals surface area (Å²) in [7, 11) is 3.37. The summed E-state index contributed by atoms with van der Waals surface area (Å²) >= 11 is 0. The number of carbonyl (C=O) groups is 1. The second-order valence-corrected chi connectivity index (χ2v) is 5.44. The van der Waals surface area contributed by atoms with E-state index >= 15 is 0 Å². The Morgan fingerprint density at radius 1 is 1.35 bits per heavy atom. The first-order chi connectivity index (χ1) is 11.1. The van der Waals surface area contributed by atoms with Gasteiger partial charge in [0.25, 0.3) is 0 Å². The van der Waals surface area contributed by atoms with Crippen molar-refractivity contribution in [3.8, 4) is 11.3 Å². The number of carbonyl (C=O) groups excluding carboxylic acids is 1. The number of anilines is 1. The van der Waals surface area contributed by atoms with Gasteiger partial charge in [0, 0.05) is 37.0 Å². The molecule has 0 saturated heterocycles. The van der Waals surface area contributed by atoms with Crippen molar-refractivity contribution in [3.63, 3.8) is 0 Å². The molecule has 3 rings (SSSR count). The Morgan fingerprint density at radius 3 is 2.87 bits per heavy atom. The number of ether oxygens (including phenoxy) is 1. The van der Waals surface area contributed by atoms with E-state index in [0.29, 0.717) is 5.69 Å². The number of fused-ring (bicyclic) bond motifs is 1. The molecule has 6 heteroatoms. The smallest absolute Gasteiger partial charge is 0.250 e. The third-order valence-electron chi connectivity index (χ3n) is 3.58. The number of aromatic nitrogens is 3. The van der Waals surface area contributed by atoms with E-state index < -0.39 is 0 Å². The van der Waals surface area contributed by atoms with Crippen LogP contribution >= 0.6 is 0 Å². The maximum absolute atomic E-state index is 11.6. The molecule has 0 saturated carbocycles. The summed E-state index contributed by atoms with van der Waals surface area (Å²) in [5.74, 6) is -0.188. The first-order valence-corrected chi connectivity index (χ1v) is 7.26. The van der Waals surface area contributed by atoms with E-state index in [1.807, 2.05) is 44.4 Å². The quantitative estimate of drug-likeness (QED) is 0.804. The molecule has 118 valence electrons. The standard InChI is InChI=1S/C17H18N4O2/c1-11-6-15(12-8-18-21(2)9-12)20-16-7-13(4-5-14(11)16)19-17(22)10-23-3/h4-9H,10H2,1-3H3,(H,19,22). The van der Waals surface area contributed by atoms with Crippen molar-refractivity contribution in [2.45, 2.75) is 6.92 Å². The lowest BCUT2D eigenvalue weighted by Crippen LogP contribution is -2.17. The van der Waals surface area contributed by atoms with Gasteiger partial charge in [0.2, 0.25) is 5.91 Å². The van der Waals surface area contributed by atoms with Crippen LogP contribution in [0, 0.1) is 6.92 Å². The number of methoxy groups -OCH3 is 1. The monoisotopic (exact) mass is 310 g/mol. The molecular formula is C17H18N4O2. The third kappa shape index (κ3) is 3.22. The van der Waals surface area contributed by atoms with Gasteiger partial charge in [0.15, 0.2) is 0 Å². The van der Waals surface area contributed by atoms with Crippen molar-refractivity contribution in [3.05, 3.63) is 42.2 Å². The molecule has 0 atom stereocenters. The Bertz CT molecular complexity index is 870. The Kier molecular flexibility index (Phi) is 4.08. The van der Waals surface area contributed by atoms with Crippen LogP contribution in [0.3, 0.4) is 0 Å². The zero-order valence-electron chi connectivity index (χ0n) is 13.3. The molecule has 2 heterocycles. The minimum absolute atomic E-state index is 0.0280. The first kappa shape index (κ1) is 15.2. The SMILES string of the molecule is COCC(=O)Nc1ccc2c(C)cc(-c3cnn(C)c3)nc2c1. The average Bonchev–Trinajstić information content (AvgIpc) is 2.93. The molecular weight excluding hydrogens is 292 g/mol. The number of hydrogen-bond donors (Lipinski definition) is 1. The lowest BCUT2D eigenvalue weighted by atomic mass is 10.1. The number of nitrogens with zero attached hydrogens (tertiary/aromatic N) is 3. The van der Waals surface area contributed by atoms with Crippen molar-refractivity contribution in [1.29, 1.82) is 0 Å². The van der Waals surface area contributed by atoms with E-state index in [0.717, 1.165) is 27.7 Å². The van der Waals surface area contributed by atoms with Gasteiger partial charge in [0.05, 0.1) is 17.4 Å². The molecule has 2 aromatic heterocycles. The highest BCUT2D eigenvalue weighted by molar-refractivity contribution is 5.95. The summed E-state index contributed by atoms with van der Waals surface area (Å²) < 4.78 is 6.57. The van der Waals surface area contributed by atoms with E-state index in [1.54, 1.807) is 10.9 Å². The molecule has 0 bridgehead atoms. The molecule has 1 amide bonds. The van der Waals surface area contributed by atoms with Gasteiger partial charge in [-0.05, 0) is 30.7 Å². The van der Waals surface area contributed by atoms with Crippen LogP contribution < -0.4 is 5.32 Å². The van der Waals surface area contributed by atoms with Gasteiger partial charge in [0.1, 0.15) is 6.61 Å². The molecule has 0 radical (unpaired) electrons. The van der Waals surface area contributed by atoms with Gasteiger partial charge in [-0.15, -0.1) is 0 Å². The lowest BCUT2D eigenvalue weighted by molar-refractivity contribution is -0.119. The van der Waals surface area contributed by atoms with Crippen molar-refractivity contribution >= 4 is 22.5 Å². The second kappa shape index (κ2) is 6.18. The second-order valence-electron chi connectivity index (χ2n) is 5.44. The van der Waals surface area contributed by atoms with Crippen LogP contribution in [0.2, 0.25) is 0 Å². The Morgan fingerprint density at radius 2 is 2.17 bits per heavy atom. The molecule has 1 aromatic carbocycles. The van der Waals surface area contributed by atoms with Gasteiger partial charge in [-0.2, -0.15) is 5.10 Å². The molecule has 0 spiro atoms. The molecule has 6 nitrogen and oxygen atoms in total. The van der Waals surface area contributed by atoms with Crippen molar-refractivity contribution in [1.82, 2.24) is 14.8 Å². The number of rotatable bonds is 4. The van der Waals surface area contributed by atoms with Gasteiger partial charge in [-0.1, -0.05) is 6.07 Å². The number of nitrogens with one attached hydrogen (secondary N) is 1. The summed E-state index contributed by atoms with van der Waals surface area (Å²) in [6, 6.07) is 7.75. The Labute approximate surface area is 134 Å². The van der Waals surface area contributed by atoms with Crippen LogP contribution in [0.4, 0.5) is 5.69 Å². The highest BCUT2D eigenvalue weighted by Crippen LogP contribution is 2.26. The third-order valence-corrected chi connectivity index (χ3v) is 3.58. The van der Waals surface area contributed by atoms with Crippen LogP contribution in [-0.2, 0) is 16.6 Å². The number of pyridine rings is 1. The molecule has 3 aromatic rings. The van der Waals surface area contributed by atoms with E-state index in [4.69, 9.17) is 9.72 Å². The Hall–Kier alpha value is -2.73. The molecule has 0 aliphatic carbocycles. The van der Waals surface area contributed by atoms with Gasteiger partial charge < -0.3 is 10.1 Å². The van der Waals surface area contributed by atoms with Crippen molar-refractivity contribution in [2.75, 3.05) is 19.0 Å². The van der Waals surface area contributed by atoms with E-state index in [-0.39, 0.29) is 12.5 Å². The van der Waals surface area contributed by atoms with Gasteiger partial charge >= 0.3 is 0 Å². The average molecular weight is 310 g/mol. The van der Waals surface area contributed by atoms with E-state index in [9.17, 15) is 4.79 Å². The van der Waals surface area contributed by atoms with Crippen molar-refractivity contribution < 1.29 is 9.53 Å². The Balaban J connectivity index is 2.01. The first-order valence-electron chi connectivity index (χ1n) is 7.26. The van der Waals surface area contributed by atoms with Crippen molar-refractivity contribution in [2.24, 2.45) is 7.05 Å². The lowest BCUT2D eigenvalue weighted by Gasteiger charge is -2.09. The minimum atomic E-state index is -0.188.